The van der Waals surface area contributed by atoms with Gasteiger partial charge in [0.15, 0.2) is 0 Å². The highest BCUT2D eigenvalue weighted by Gasteiger charge is 2.48. The number of aromatic carboxylic acids is 1. The SMILES string of the molecule is COc1cc(CC(=O)C(F)(Oc2ccc(C(=O)O)cc2)N2CCCC2)ccc1NC(=O)Nc1ccccc1C. The van der Waals surface area contributed by atoms with Crippen molar-refractivity contribution in [2.24, 2.45) is 0 Å². The van der Waals surface area contributed by atoms with E-state index in [1.165, 1.54) is 36.3 Å². The Kier molecular flexibility index (Phi) is 8.46. The number of hydrogen-bond donors (Lipinski definition) is 3. The third kappa shape index (κ3) is 6.53. The number of nitrogens with zero attached hydrogens (tertiary/aromatic N) is 1. The molecule has 0 bridgehead atoms. The first-order valence-electron chi connectivity index (χ1n) is 12.5. The summed E-state index contributed by atoms with van der Waals surface area (Å²) < 4.78 is 27.3. The Morgan fingerprint density at radius 1 is 0.974 bits per heavy atom. The molecule has 2 amide bonds. The summed E-state index contributed by atoms with van der Waals surface area (Å²) in [5.74, 6) is -4.33. The second-order valence-electron chi connectivity index (χ2n) is 9.22. The number of carboxylic acid groups (broad SMARTS) is 1. The lowest BCUT2D eigenvalue weighted by molar-refractivity contribution is -0.191. The van der Waals surface area contributed by atoms with Crippen LogP contribution in [0.5, 0.6) is 11.5 Å². The van der Waals surface area contributed by atoms with Crippen LogP contribution in [0.1, 0.15) is 34.3 Å². The summed E-state index contributed by atoms with van der Waals surface area (Å²) in [5, 5.41) is 14.6. The number of para-hydroxylation sites is 1. The first-order valence-corrected chi connectivity index (χ1v) is 12.5. The zero-order valence-electron chi connectivity index (χ0n) is 21.7. The third-order valence-corrected chi connectivity index (χ3v) is 6.48. The number of methoxy groups -OCH3 is 1. The van der Waals surface area contributed by atoms with Crippen LogP contribution in [-0.2, 0) is 11.2 Å². The summed E-state index contributed by atoms with van der Waals surface area (Å²) in [7, 11) is 1.43. The fourth-order valence-corrected chi connectivity index (χ4v) is 4.36. The van der Waals surface area contributed by atoms with Crippen LogP contribution >= 0.6 is 0 Å². The number of likely N-dealkylation sites (tertiary alicyclic amines) is 1. The quantitative estimate of drug-likeness (QED) is 0.303. The van der Waals surface area contributed by atoms with Crippen molar-refractivity contribution in [3.63, 3.8) is 0 Å². The predicted molar refractivity (Wildman–Crippen MR) is 144 cm³/mol. The van der Waals surface area contributed by atoms with Crippen LogP contribution < -0.4 is 20.1 Å². The van der Waals surface area contributed by atoms with Crippen LogP contribution in [0.15, 0.2) is 66.7 Å². The topological polar surface area (TPSA) is 117 Å². The molecule has 1 fully saturated rings. The largest absolute Gasteiger partial charge is 0.495 e. The molecule has 3 aromatic carbocycles. The molecule has 0 radical (unpaired) electrons. The van der Waals surface area contributed by atoms with Gasteiger partial charge in [-0.1, -0.05) is 24.3 Å². The normalized spacial score (nSPS) is 14.7. The lowest BCUT2D eigenvalue weighted by atomic mass is 10.1. The van der Waals surface area contributed by atoms with E-state index < -0.39 is 23.8 Å². The Morgan fingerprint density at radius 2 is 1.64 bits per heavy atom. The van der Waals surface area contributed by atoms with Crippen LogP contribution in [0.3, 0.4) is 0 Å². The van der Waals surface area contributed by atoms with E-state index in [0.717, 1.165) is 18.4 Å². The summed E-state index contributed by atoms with van der Waals surface area (Å²) in [5.41, 5.74) is 2.43. The molecule has 9 nitrogen and oxygen atoms in total. The molecule has 3 N–H and O–H groups in total. The monoisotopic (exact) mass is 535 g/mol. The van der Waals surface area contributed by atoms with Gasteiger partial charge < -0.3 is 25.2 Å². The highest BCUT2D eigenvalue weighted by Crippen LogP contribution is 2.31. The van der Waals surface area contributed by atoms with Crippen molar-refractivity contribution in [3.05, 3.63) is 83.4 Å². The Hall–Kier alpha value is -4.44. The molecule has 39 heavy (non-hydrogen) atoms. The van der Waals surface area contributed by atoms with Crippen molar-refractivity contribution in [2.75, 3.05) is 30.8 Å². The first kappa shape index (κ1) is 27.6. The number of hydrogen-bond acceptors (Lipinski definition) is 6. The fourth-order valence-electron chi connectivity index (χ4n) is 4.36. The Bertz CT molecular complexity index is 1360. The van der Waals surface area contributed by atoms with E-state index in [-0.39, 0.29) is 17.7 Å². The van der Waals surface area contributed by atoms with Gasteiger partial charge in [0.2, 0.25) is 5.78 Å². The number of halogens is 1. The molecule has 1 heterocycles. The van der Waals surface area contributed by atoms with Gasteiger partial charge in [0, 0.05) is 25.2 Å². The number of ketones is 1. The van der Waals surface area contributed by atoms with Gasteiger partial charge in [-0.2, -0.15) is 4.39 Å². The van der Waals surface area contributed by atoms with E-state index in [9.17, 15) is 14.4 Å². The molecule has 1 atom stereocenters. The van der Waals surface area contributed by atoms with Gasteiger partial charge in [0.05, 0.1) is 18.4 Å². The van der Waals surface area contributed by atoms with Gasteiger partial charge in [-0.3, -0.25) is 4.79 Å². The fraction of sp³-hybridized carbons (Fsp3) is 0.276. The van der Waals surface area contributed by atoms with Crippen LogP contribution in [0.2, 0.25) is 0 Å². The second-order valence-corrected chi connectivity index (χ2v) is 9.22. The maximum atomic E-state index is 16.3. The van der Waals surface area contributed by atoms with E-state index in [0.29, 0.717) is 35.8 Å². The molecule has 1 aliphatic heterocycles. The Morgan fingerprint density at radius 3 is 2.28 bits per heavy atom. The highest BCUT2D eigenvalue weighted by molar-refractivity contribution is 6.01. The number of amides is 2. The number of anilines is 2. The number of carboxylic acids is 1. The summed E-state index contributed by atoms with van der Waals surface area (Å²) in [6.45, 7) is 2.57. The number of carbonyl (C=O) groups excluding carboxylic acids is 2. The van der Waals surface area contributed by atoms with Gasteiger partial charge in [0.1, 0.15) is 11.5 Å². The number of ether oxygens (including phenoxy) is 2. The van der Waals surface area contributed by atoms with Gasteiger partial charge in [-0.15, -0.1) is 0 Å². The van der Waals surface area contributed by atoms with E-state index in [1.54, 1.807) is 24.3 Å². The molecule has 204 valence electrons. The number of aryl methyl sites for hydroxylation is 1. The van der Waals surface area contributed by atoms with Crippen LogP contribution in [-0.4, -0.2) is 54.0 Å². The molecular weight excluding hydrogens is 505 g/mol. The Balaban J connectivity index is 1.50. The molecule has 0 aromatic heterocycles. The molecule has 3 aromatic rings. The first-order chi connectivity index (χ1) is 18.7. The number of carbonyl (C=O) groups is 3. The number of Topliss-reactive ketones (excluding diaryl/α,β-unsaturated/α-hetero) is 1. The minimum atomic E-state index is -2.74. The molecule has 0 aliphatic carbocycles. The molecule has 1 aliphatic rings. The highest BCUT2D eigenvalue weighted by atomic mass is 19.2. The molecule has 0 saturated carbocycles. The summed E-state index contributed by atoms with van der Waals surface area (Å²) in [6.07, 6.45) is 1.14. The maximum absolute atomic E-state index is 16.3. The number of benzene rings is 3. The minimum absolute atomic E-state index is 0.0210. The van der Waals surface area contributed by atoms with Gasteiger partial charge in [0.25, 0.3) is 0 Å². The maximum Gasteiger partial charge on any atom is 0.371 e. The molecule has 0 spiro atoms. The number of rotatable bonds is 10. The molecule has 1 unspecified atom stereocenters. The van der Waals surface area contributed by atoms with Crippen molar-refractivity contribution in [1.82, 2.24) is 4.90 Å². The molecule has 4 rings (SSSR count). The van der Waals surface area contributed by atoms with E-state index in [4.69, 9.17) is 14.6 Å². The summed E-state index contributed by atoms with van der Waals surface area (Å²) in [4.78, 5) is 38.4. The molecular formula is C29H30FN3O6. The van der Waals surface area contributed by atoms with Gasteiger partial charge in [-0.25, -0.2) is 14.5 Å². The summed E-state index contributed by atoms with van der Waals surface area (Å²) >= 11 is 0. The van der Waals surface area contributed by atoms with E-state index in [1.807, 2.05) is 25.1 Å². The van der Waals surface area contributed by atoms with Gasteiger partial charge in [-0.05, 0) is 73.4 Å². The van der Waals surface area contributed by atoms with Crippen molar-refractivity contribution in [2.45, 2.75) is 32.2 Å². The number of alkyl halides is 1. The van der Waals surface area contributed by atoms with Crippen molar-refractivity contribution in [3.8, 4) is 11.5 Å². The summed E-state index contributed by atoms with van der Waals surface area (Å²) in [6, 6.07) is 16.9. The van der Waals surface area contributed by atoms with Crippen LogP contribution in [0, 0.1) is 6.92 Å². The van der Waals surface area contributed by atoms with Crippen molar-refractivity contribution in [1.29, 1.82) is 0 Å². The zero-order valence-corrected chi connectivity index (χ0v) is 21.7. The van der Waals surface area contributed by atoms with Crippen LogP contribution in [0.25, 0.3) is 0 Å². The molecule has 10 heteroatoms. The smallest absolute Gasteiger partial charge is 0.371 e. The predicted octanol–water partition coefficient (Wildman–Crippen LogP) is 5.26. The molecule has 1 saturated heterocycles. The lowest BCUT2D eigenvalue weighted by Gasteiger charge is -2.33. The average molecular weight is 536 g/mol. The standard InChI is InChI=1S/C29H30FN3O6/c1-19-7-3-4-8-23(19)31-28(37)32-24-14-9-20(17-25(24)38-2)18-26(34)29(30,33-15-5-6-16-33)39-22-12-10-21(11-13-22)27(35)36/h3-4,7-14,17H,5-6,15-16,18H2,1-2H3,(H,35,36)(H2,31,32,37). The number of nitrogens with one attached hydrogen (secondary N) is 2. The zero-order chi connectivity index (χ0) is 28.0. The van der Waals surface area contributed by atoms with Gasteiger partial charge >= 0.3 is 18.0 Å². The van der Waals surface area contributed by atoms with Crippen molar-refractivity contribution < 1.29 is 33.4 Å². The second kappa shape index (κ2) is 12.0. The average Bonchev–Trinajstić information content (AvgIpc) is 3.47. The van der Waals surface area contributed by atoms with Crippen molar-refractivity contribution >= 4 is 29.2 Å². The lowest BCUT2D eigenvalue weighted by Crippen LogP contribution is -2.55. The number of urea groups is 1. The Labute approximate surface area is 225 Å². The van der Waals surface area contributed by atoms with E-state index >= 15 is 4.39 Å². The minimum Gasteiger partial charge on any atom is -0.495 e. The van der Waals surface area contributed by atoms with E-state index in [2.05, 4.69) is 10.6 Å². The van der Waals surface area contributed by atoms with Crippen LogP contribution in [0.4, 0.5) is 20.6 Å². The third-order valence-electron chi connectivity index (χ3n) is 6.48.